The summed E-state index contributed by atoms with van der Waals surface area (Å²) in [5.74, 6) is 0.719. The summed E-state index contributed by atoms with van der Waals surface area (Å²) in [6.07, 6.45) is 9.16. The van der Waals surface area contributed by atoms with Crippen molar-refractivity contribution in [3.63, 3.8) is 0 Å². The first-order valence-electron chi connectivity index (χ1n) is 8.10. The predicted octanol–water partition coefficient (Wildman–Crippen LogP) is 2.76. The van der Waals surface area contributed by atoms with Gasteiger partial charge in [0.25, 0.3) is 0 Å². The highest BCUT2D eigenvalue weighted by molar-refractivity contribution is 6.07. The fraction of sp³-hybridized carbons (Fsp3) is 0.389. The average Bonchev–Trinajstić information content (AvgIpc) is 2.56. The van der Waals surface area contributed by atoms with E-state index in [4.69, 9.17) is 10.5 Å². The fourth-order valence-corrected chi connectivity index (χ4v) is 2.98. The largest absolute Gasteiger partial charge is 0.396 e. The lowest BCUT2D eigenvalue weighted by Gasteiger charge is -2.35. The van der Waals surface area contributed by atoms with Gasteiger partial charge >= 0.3 is 0 Å². The Bertz CT molecular complexity index is 707. The highest BCUT2D eigenvalue weighted by Crippen LogP contribution is 2.31. The zero-order chi connectivity index (χ0) is 16.1. The van der Waals surface area contributed by atoms with Crippen molar-refractivity contribution >= 4 is 22.8 Å². The smallest absolute Gasteiger partial charge is 0.0922 e. The number of para-hydroxylation sites is 2. The van der Waals surface area contributed by atoms with Crippen LogP contribution in [0.5, 0.6) is 0 Å². The van der Waals surface area contributed by atoms with E-state index < -0.39 is 0 Å². The molecular weight excluding hydrogens is 288 g/mol. The van der Waals surface area contributed by atoms with E-state index in [9.17, 15) is 0 Å². The number of hydrogen-bond donors (Lipinski definition) is 3. The van der Waals surface area contributed by atoms with Crippen LogP contribution in [0.1, 0.15) is 31.4 Å². The van der Waals surface area contributed by atoms with Crippen molar-refractivity contribution in [1.29, 1.82) is 5.41 Å². The second kappa shape index (κ2) is 7.33. The Morgan fingerprint density at radius 2 is 2.09 bits per heavy atom. The molecule has 0 unspecified atom stereocenters. The third kappa shape index (κ3) is 3.74. The predicted molar refractivity (Wildman–Crippen MR) is 92.3 cm³/mol. The monoisotopic (exact) mass is 310 g/mol. The number of aromatic nitrogens is 2. The third-order valence-corrected chi connectivity index (χ3v) is 4.38. The summed E-state index contributed by atoms with van der Waals surface area (Å²) in [6, 6.07) is 8.20. The molecule has 5 heteroatoms. The molecule has 120 valence electrons. The van der Waals surface area contributed by atoms with E-state index in [1.165, 1.54) is 6.21 Å². The van der Waals surface area contributed by atoms with Crippen molar-refractivity contribution in [3.8, 4) is 0 Å². The molecule has 1 saturated carbocycles. The van der Waals surface area contributed by atoms with Crippen LogP contribution in [0.15, 0.2) is 36.7 Å². The second-order valence-electron chi connectivity index (χ2n) is 6.05. The van der Waals surface area contributed by atoms with Crippen molar-refractivity contribution < 1.29 is 5.11 Å². The Balaban J connectivity index is 1.63. The number of nitrogens with one attached hydrogen (secondary N) is 2. The van der Waals surface area contributed by atoms with Gasteiger partial charge in [0.2, 0.25) is 0 Å². The minimum atomic E-state index is 0.285. The van der Waals surface area contributed by atoms with Gasteiger partial charge in [-0.1, -0.05) is 12.1 Å². The second-order valence-corrected chi connectivity index (χ2v) is 6.05. The number of allylic oxidation sites excluding steroid dienone is 1. The van der Waals surface area contributed by atoms with Crippen LogP contribution in [-0.4, -0.2) is 33.9 Å². The molecule has 0 aliphatic heterocycles. The summed E-state index contributed by atoms with van der Waals surface area (Å²) in [5.41, 5.74) is 3.15. The standard InChI is InChI=1S/C18H22N4O/c19-10-14(11-20-15-8-13(9-15)4-3-7-23)18-12-21-16-5-1-2-6-17(16)22-18/h1-2,5-6,10-13,15,19-20,23H,3-4,7-9H2/b14-11+,19-10?. The van der Waals surface area contributed by atoms with Gasteiger partial charge in [0.05, 0.1) is 22.9 Å². The van der Waals surface area contributed by atoms with Crippen molar-refractivity contribution in [1.82, 2.24) is 15.3 Å². The van der Waals surface area contributed by atoms with E-state index in [0.717, 1.165) is 48.2 Å². The summed E-state index contributed by atoms with van der Waals surface area (Å²) in [5, 5.41) is 19.9. The molecule has 1 heterocycles. The van der Waals surface area contributed by atoms with Crippen LogP contribution in [0.2, 0.25) is 0 Å². The lowest BCUT2D eigenvalue weighted by molar-refractivity contribution is 0.199. The molecule has 1 aliphatic rings. The van der Waals surface area contributed by atoms with Gasteiger partial charge in [0, 0.05) is 30.6 Å². The summed E-state index contributed by atoms with van der Waals surface area (Å²) in [4.78, 5) is 8.97. The number of nitrogens with zero attached hydrogens (tertiary/aromatic N) is 2. The molecule has 0 atom stereocenters. The summed E-state index contributed by atoms with van der Waals surface area (Å²) in [6.45, 7) is 0.285. The Morgan fingerprint density at radius 1 is 1.30 bits per heavy atom. The molecule has 23 heavy (non-hydrogen) atoms. The first kappa shape index (κ1) is 15.6. The molecule has 1 aromatic heterocycles. The van der Waals surface area contributed by atoms with Crippen LogP contribution in [0.4, 0.5) is 0 Å². The molecule has 0 spiro atoms. The van der Waals surface area contributed by atoms with Crippen LogP contribution in [0, 0.1) is 11.3 Å². The average molecular weight is 310 g/mol. The van der Waals surface area contributed by atoms with Gasteiger partial charge in [0.15, 0.2) is 0 Å². The van der Waals surface area contributed by atoms with Gasteiger partial charge in [-0.15, -0.1) is 0 Å². The van der Waals surface area contributed by atoms with E-state index in [1.807, 2.05) is 30.5 Å². The SMILES string of the molecule is N=C/C(=C\NC1CC(CCCO)C1)c1cnc2ccccc2n1. The number of benzene rings is 1. The molecule has 0 amide bonds. The number of rotatable bonds is 7. The van der Waals surface area contributed by atoms with Crippen LogP contribution in [0.25, 0.3) is 16.6 Å². The molecular formula is C18H22N4O. The first-order chi connectivity index (χ1) is 11.3. The summed E-state index contributed by atoms with van der Waals surface area (Å²) >= 11 is 0. The molecule has 3 N–H and O–H groups in total. The maximum absolute atomic E-state index is 8.85. The zero-order valence-electron chi connectivity index (χ0n) is 13.1. The normalized spacial score (nSPS) is 21.0. The van der Waals surface area contributed by atoms with Crippen LogP contribution >= 0.6 is 0 Å². The van der Waals surface area contributed by atoms with Crippen molar-refractivity contribution in [2.24, 2.45) is 5.92 Å². The topological polar surface area (TPSA) is 81.9 Å². The molecule has 3 rings (SSSR count). The van der Waals surface area contributed by atoms with E-state index in [-0.39, 0.29) is 6.61 Å². The maximum Gasteiger partial charge on any atom is 0.0922 e. The molecule has 2 aromatic rings. The van der Waals surface area contributed by atoms with Crippen LogP contribution in [0.3, 0.4) is 0 Å². The molecule has 0 radical (unpaired) electrons. The van der Waals surface area contributed by atoms with E-state index >= 15 is 0 Å². The highest BCUT2D eigenvalue weighted by Gasteiger charge is 2.27. The van der Waals surface area contributed by atoms with Gasteiger partial charge in [-0.25, -0.2) is 4.98 Å². The van der Waals surface area contributed by atoms with Gasteiger partial charge in [-0.2, -0.15) is 0 Å². The summed E-state index contributed by atoms with van der Waals surface area (Å²) in [7, 11) is 0. The van der Waals surface area contributed by atoms with Gasteiger partial charge < -0.3 is 15.8 Å². The Labute approximate surface area is 136 Å². The van der Waals surface area contributed by atoms with E-state index in [1.54, 1.807) is 6.20 Å². The van der Waals surface area contributed by atoms with Crippen LogP contribution < -0.4 is 5.32 Å². The minimum Gasteiger partial charge on any atom is -0.396 e. The number of hydrogen-bond acceptors (Lipinski definition) is 5. The molecule has 0 bridgehead atoms. The summed E-state index contributed by atoms with van der Waals surface area (Å²) < 4.78 is 0. The third-order valence-electron chi connectivity index (χ3n) is 4.38. The fourth-order valence-electron chi connectivity index (χ4n) is 2.98. The lowest BCUT2D eigenvalue weighted by Crippen LogP contribution is -2.38. The maximum atomic E-state index is 8.85. The zero-order valence-corrected chi connectivity index (χ0v) is 13.1. The quantitative estimate of drug-likeness (QED) is 0.687. The molecule has 1 aliphatic carbocycles. The minimum absolute atomic E-state index is 0.285. The van der Waals surface area contributed by atoms with E-state index in [2.05, 4.69) is 15.3 Å². The van der Waals surface area contributed by atoms with Crippen molar-refractivity contribution in [2.45, 2.75) is 31.7 Å². The number of fused-ring (bicyclic) bond motifs is 1. The van der Waals surface area contributed by atoms with Gasteiger partial charge in [-0.05, 0) is 43.7 Å². The van der Waals surface area contributed by atoms with Gasteiger partial charge in [0.1, 0.15) is 0 Å². The van der Waals surface area contributed by atoms with E-state index in [0.29, 0.717) is 11.7 Å². The lowest BCUT2D eigenvalue weighted by atomic mass is 9.77. The number of aliphatic hydroxyl groups is 1. The first-order valence-corrected chi connectivity index (χ1v) is 8.10. The highest BCUT2D eigenvalue weighted by atomic mass is 16.2. The van der Waals surface area contributed by atoms with Crippen LogP contribution in [-0.2, 0) is 0 Å². The molecule has 0 saturated heterocycles. The van der Waals surface area contributed by atoms with Crippen molar-refractivity contribution in [2.75, 3.05) is 6.61 Å². The van der Waals surface area contributed by atoms with Crippen molar-refractivity contribution in [3.05, 3.63) is 42.4 Å². The molecule has 1 aromatic carbocycles. The van der Waals surface area contributed by atoms with Gasteiger partial charge in [-0.3, -0.25) is 4.98 Å². The Hall–Kier alpha value is -2.27. The Kier molecular flexibility index (Phi) is 4.98. The molecule has 1 fully saturated rings. The number of aliphatic hydroxyl groups excluding tert-OH is 1. The Morgan fingerprint density at radius 3 is 2.83 bits per heavy atom. The molecule has 5 nitrogen and oxygen atoms in total.